The standard InChI is InChI=1S/C16H16N2O5S/c1-18-10-17-24(20,21)15-9-11(7-8-12(15)18)16(19)23-14-6-4-3-5-13(14)22-2/h3-9,17H,10H2,1-2H3. The Hall–Kier alpha value is -2.58. The fourth-order valence-corrected chi connectivity index (χ4v) is 3.68. The van der Waals surface area contributed by atoms with Crippen molar-refractivity contribution in [1.82, 2.24) is 4.72 Å². The molecule has 1 heterocycles. The maximum absolute atomic E-state index is 12.4. The second kappa shape index (κ2) is 6.14. The van der Waals surface area contributed by atoms with E-state index in [2.05, 4.69) is 4.72 Å². The number of nitrogens with one attached hydrogen (secondary N) is 1. The molecule has 2 aromatic rings. The predicted octanol–water partition coefficient (Wildman–Crippen LogP) is 1.60. The minimum Gasteiger partial charge on any atom is -0.493 e. The van der Waals surface area contributed by atoms with Crippen molar-refractivity contribution >= 4 is 21.7 Å². The van der Waals surface area contributed by atoms with Crippen LogP contribution in [0, 0.1) is 0 Å². The highest BCUT2D eigenvalue weighted by Crippen LogP contribution is 2.30. The van der Waals surface area contributed by atoms with Gasteiger partial charge in [0.2, 0.25) is 10.0 Å². The summed E-state index contributed by atoms with van der Waals surface area (Å²) in [7, 11) is -0.412. The molecular weight excluding hydrogens is 332 g/mol. The number of ether oxygens (including phenoxy) is 2. The van der Waals surface area contributed by atoms with Crippen LogP contribution in [0.1, 0.15) is 10.4 Å². The number of nitrogens with zero attached hydrogens (tertiary/aromatic N) is 1. The summed E-state index contributed by atoms with van der Waals surface area (Å²) in [6.45, 7) is 0.181. The molecule has 1 aliphatic heterocycles. The van der Waals surface area contributed by atoms with Crippen molar-refractivity contribution < 1.29 is 22.7 Å². The molecule has 126 valence electrons. The van der Waals surface area contributed by atoms with E-state index in [9.17, 15) is 13.2 Å². The highest BCUT2D eigenvalue weighted by Gasteiger charge is 2.27. The van der Waals surface area contributed by atoms with Crippen molar-refractivity contribution in [2.75, 3.05) is 25.7 Å². The van der Waals surface area contributed by atoms with E-state index < -0.39 is 16.0 Å². The molecular formula is C16H16N2O5S. The van der Waals surface area contributed by atoms with Crippen molar-refractivity contribution in [3.05, 3.63) is 48.0 Å². The average molecular weight is 348 g/mol. The van der Waals surface area contributed by atoms with Crippen LogP contribution in [-0.2, 0) is 10.0 Å². The van der Waals surface area contributed by atoms with E-state index in [1.807, 2.05) is 0 Å². The molecule has 1 aliphatic rings. The van der Waals surface area contributed by atoms with Gasteiger partial charge in [-0.3, -0.25) is 0 Å². The Morgan fingerprint density at radius 2 is 1.88 bits per heavy atom. The summed E-state index contributed by atoms with van der Waals surface area (Å²) in [6.07, 6.45) is 0. The van der Waals surface area contributed by atoms with Crippen LogP contribution in [0.3, 0.4) is 0 Å². The number of fused-ring (bicyclic) bond motifs is 1. The van der Waals surface area contributed by atoms with Gasteiger partial charge in [-0.15, -0.1) is 0 Å². The number of carbonyl (C=O) groups is 1. The van der Waals surface area contributed by atoms with Gasteiger partial charge in [-0.05, 0) is 30.3 Å². The minimum absolute atomic E-state index is 0.0470. The number of rotatable bonds is 3. The predicted molar refractivity (Wildman–Crippen MR) is 88.0 cm³/mol. The monoisotopic (exact) mass is 348 g/mol. The average Bonchev–Trinajstić information content (AvgIpc) is 2.58. The molecule has 0 spiro atoms. The van der Waals surface area contributed by atoms with E-state index in [0.717, 1.165) is 0 Å². The third kappa shape index (κ3) is 2.93. The largest absolute Gasteiger partial charge is 0.493 e. The number of hydrogen-bond donors (Lipinski definition) is 1. The molecule has 8 heteroatoms. The maximum atomic E-state index is 12.4. The first-order chi connectivity index (χ1) is 11.4. The second-order valence-electron chi connectivity index (χ2n) is 5.23. The van der Waals surface area contributed by atoms with Gasteiger partial charge >= 0.3 is 5.97 Å². The summed E-state index contributed by atoms with van der Waals surface area (Å²) >= 11 is 0. The Labute approximate surface area is 139 Å². The van der Waals surface area contributed by atoms with Crippen molar-refractivity contribution in [2.45, 2.75) is 4.90 Å². The van der Waals surface area contributed by atoms with Gasteiger partial charge in [0, 0.05) is 7.05 Å². The van der Waals surface area contributed by atoms with Crippen LogP contribution in [-0.4, -0.2) is 35.2 Å². The molecule has 0 saturated carbocycles. The number of sulfonamides is 1. The summed E-state index contributed by atoms with van der Waals surface area (Å²) in [6, 6.07) is 11.2. The van der Waals surface area contributed by atoms with Crippen LogP contribution in [0.15, 0.2) is 47.4 Å². The van der Waals surface area contributed by atoms with Gasteiger partial charge in [0.05, 0.1) is 25.0 Å². The number of carbonyl (C=O) groups excluding carboxylic acids is 1. The molecule has 0 radical (unpaired) electrons. The van der Waals surface area contributed by atoms with Gasteiger partial charge in [-0.25, -0.2) is 13.2 Å². The quantitative estimate of drug-likeness (QED) is 0.670. The molecule has 0 amide bonds. The first-order valence-electron chi connectivity index (χ1n) is 7.12. The first-order valence-corrected chi connectivity index (χ1v) is 8.61. The van der Waals surface area contributed by atoms with Gasteiger partial charge in [0.15, 0.2) is 11.5 Å². The van der Waals surface area contributed by atoms with E-state index in [1.54, 1.807) is 42.3 Å². The zero-order valence-corrected chi connectivity index (χ0v) is 14.0. The second-order valence-corrected chi connectivity index (χ2v) is 6.96. The zero-order valence-electron chi connectivity index (χ0n) is 13.1. The number of methoxy groups -OCH3 is 1. The Balaban J connectivity index is 1.94. The molecule has 0 aliphatic carbocycles. The highest BCUT2D eigenvalue weighted by molar-refractivity contribution is 7.89. The molecule has 2 aromatic carbocycles. The van der Waals surface area contributed by atoms with Crippen molar-refractivity contribution in [3.8, 4) is 11.5 Å². The summed E-state index contributed by atoms with van der Waals surface area (Å²) in [5.74, 6) is 0.0179. The lowest BCUT2D eigenvalue weighted by Crippen LogP contribution is -2.41. The summed E-state index contributed by atoms with van der Waals surface area (Å²) in [5.41, 5.74) is 0.669. The molecule has 0 bridgehead atoms. The topological polar surface area (TPSA) is 84.9 Å². The number of para-hydroxylation sites is 2. The summed E-state index contributed by atoms with van der Waals surface area (Å²) in [4.78, 5) is 14.1. The van der Waals surface area contributed by atoms with Crippen LogP contribution >= 0.6 is 0 Å². The Morgan fingerprint density at radius 1 is 1.17 bits per heavy atom. The van der Waals surface area contributed by atoms with Crippen LogP contribution in [0.25, 0.3) is 0 Å². The van der Waals surface area contributed by atoms with Crippen molar-refractivity contribution in [3.63, 3.8) is 0 Å². The van der Waals surface area contributed by atoms with E-state index in [1.165, 1.54) is 19.2 Å². The van der Waals surface area contributed by atoms with Crippen LogP contribution in [0.4, 0.5) is 5.69 Å². The van der Waals surface area contributed by atoms with E-state index >= 15 is 0 Å². The van der Waals surface area contributed by atoms with Gasteiger partial charge in [0.1, 0.15) is 4.90 Å². The SMILES string of the molecule is COc1ccccc1OC(=O)c1ccc2c(c1)S(=O)(=O)NCN2C. The van der Waals surface area contributed by atoms with Gasteiger partial charge < -0.3 is 14.4 Å². The molecule has 0 aromatic heterocycles. The molecule has 1 N–H and O–H groups in total. The molecule has 0 fully saturated rings. The smallest absolute Gasteiger partial charge is 0.343 e. The van der Waals surface area contributed by atoms with Gasteiger partial charge in [-0.1, -0.05) is 12.1 Å². The van der Waals surface area contributed by atoms with Gasteiger partial charge in [0.25, 0.3) is 0 Å². The summed E-state index contributed by atoms with van der Waals surface area (Å²) in [5, 5.41) is 0. The molecule has 24 heavy (non-hydrogen) atoms. The fourth-order valence-electron chi connectivity index (χ4n) is 2.38. The third-order valence-electron chi connectivity index (χ3n) is 3.66. The fraction of sp³-hybridized carbons (Fsp3) is 0.188. The number of anilines is 1. The number of esters is 1. The van der Waals surface area contributed by atoms with E-state index in [0.29, 0.717) is 11.4 Å². The molecule has 0 unspecified atom stereocenters. The summed E-state index contributed by atoms with van der Waals surface area (Å²) < 4.78 is 37.2. The maximum Gasteiger partial charge on any atom is 0.343 e. The Bertz CT molecular complexity index is 895. The Morgan fingerprint density at radius 3 is 2.58 bits per heavy atom. The number of benzene rings is 2. The zero-order chi connectivity index (χ0) is 17.3. The van der Waals surface area contributed by atoms with Crippen molar-refractivity contribution in [1.29, 1.82) is 0 Å². The van der Waals surface area contributed by atoms with Crippen LogP contribution in [0.2, 0.25) is 0 Å². The van der Waals surface area contributed by atoms with E-state index in [-0.39, 0.29) is 22.9 Å². The normalized spacial score (nSPS) is 15.5. The minimum atomic E-state index is -3.64. The first kappa shape index (κ1) is 16.3. The lowest BCUT2D eigenvalue weighted by atomic mass is 10.2. The van der Waals surface area contributed by atoms with E-state index in [4.69, 9.17) is 9.47 Å². The van der Waals surface area contributed by atoms with Crippen LogP contribution in [0.5, 0.6) is 11.5 Å². The molecule has 0 atom stereocenters. The molecule has 3 rings (SSSR count). The molecule has 0 saturated heterocycles. The lowest BCUT2D eigenvalue weighted by molar-refractivity contribution is 0.0729. The molecule has 7 nitrogen and oxygen atoms in total. The van der Waals surface area contributed by atoms with Gasteiger partial charge in [-0.2, -0.15) is 4.72 Å². The Kier molecular flexibility index (Phi) is 4.16. The highest BCUT2D eigenvalue weighted by atomic mass is 32.2. The third-order valence-corrected chi connectivity index (χ3v) is 5.07. The van der Waals surface area contributed by atoms with Crippen molar-refractivity contribution in [2.24, 2.45) is 0 Å². The lowest BCUT2D eigenvalue weighted by Gasteiger charge is -2.28. The van der Waals surface area contributed by atoms with Crippen LogP contribution < -0.4 is 19.1 Å². The number of hydrogen-bond acceptors (Lipinski definition) is 6.